The third kappa shape index (κ3) is 3.23. The largest absolute Gasteiger partial charge is 0.493 e. The standard InChI is InChI=1S/C17H14BrNO3S/c1-21-13-8-10(7-11(18)16(13)22-2)9-15-17(20)19-12-5-3-4-6-14(12)23-15/h3-9H,1-2H3,(H,19,20)/b15-9-. The Kier molecular flexibility index (Phi) is 4.63. The molecule has 0 spiro atoms. The van der Waals surface area contributed by atoms with Gasteiger partial charge in [0.05, 0.1) is 29.3 Å². The summed E-state index contributed by atoms with van der Waals surface area (Å²) in [4.78, 5) is 13.9. The molecular weight excluding hydrogens is 378 g/mol. The number of fused-ring (bicyclic) bond motifs is 1. The Morgan fingerprint density at radius 1 is 1.17 bits per heavy atom. The number of anilines is 1. The van der Waals surface area contributed by atoms with Gasteiger partial charge in [-0.05, 0) is 51.8 Å². The predicted molar refractivity (Wildman–Crippen MR) is 96.2 cm³/mol. The first-order valence-electron chi connectivity index (χ1n) is 6.84. The van der Waals surface area contributed by atoms with Crippen LogP contribution in [0, 0.1) is 0 Å². The van der Waals surface area contributed by atoms with Crippen LogP contribution >= 0.6 is 27.7 Å². The van der Waals surface area contributed by atoms with Crippen LogP contribution in [0.1, 0.15) is 5.56 Å². The quantitative estimate of drug-likeness (QED) is 0.779. The molecule has 2 aromatic rings. The van der Waals surface area contributed by atoms with E-state index in [1.165, 1.54) is 11.8 Å². The molecule has 0 atom stereocenters. The Labute approximate surface area is 147 Å². The van der Waals surface area contributed by atoms with Crippen LogP contribution in [-0.2, 0) is 4.79 Å². The Balaban J connectivity index is 1.99. The van der Waals surface area contributed by atoms with E-state index in [9.17, 15) is 4.79 Å². The van der Waals surface area contributed by atoms with Crippen LogP contribution in [0.25, 0.3) is 6.08 Å². The van der Waals surface area contributed by atoms with E-state index in [1.54, 1.807) is 14.2 Å². The van der Waals surface area contributed by atoms with Crippen LogP contribution in [-0.4, -0.2) is 20.1 Å². The minimum Gasteiger partial charge on any atom is -0.493 e. The number of hydrogen-bond acceptors (Lipinski definition) is 4. The summed E-state index contributed by atoms with van der Waals surface area (Å²) in [5.41, 5.74) is 1.69. The molecule has 0 aromatic heterocycles. The number of halogens is 1. The highest BCUT2D eigenvalue weighted by Crippen LogP contribution is 2.40. The summed E-state index contributed by atoms with van der Waals surface area (Å²) in [5, 5.41) is 2.90. The molecule has 0 saturated carbocycles. The van der Waals surface area contributed by atoms with E-state index in [4.69, 9.17) is 9.47 Å². The SMILES string of the molecule is COc1cc(/C=C2\Sc3ccccc3NC2=O)cc(Br)c1OC. The second-order valence-electron chi connectivity index (χ2n) is 4.80. The van der Waals surface area contributed by atoms with E-state index in [2.05, 4.69) is 21.2 Å². The summed E-state index contributed by atoms with van der Waals surface area (Å²) in [5.74, 6) is 1.12. The number of carbonyl (C=O) groups excluding carboxylic acids is 1. The van der Waals surface area contributed by atoms with Gasteiger partial charge in [-0.3, -0.25) is 4.79 Å². The van der Waals surface area contributed by atoms with Crippen LogP contribution in [0.15, 0.2) is 50.7 Å². The number of benzene rings is 2. The number of amides is 1. The average Bonchev–Trinajstić information content (AvgIpc) is 2.55. The molecule has 0 aliphatic carbocycles. The highest BCUT2D eigenvalue weighted by atomic mass is 79.9. The number of nitrogens with one attached hydrogen (secondary N) is 1. The number of rotatable bonds is 3. The Morgan fingerprint density at radius 2 is 1.96 bits per heavy atom. The molecule has 0 unspecified atom stereocenters. The maximum absolute atomic E-state index is 12.3. The van der Waals surface area contributed by atoms with Gasteiger partial charge < -0.3 is 14.8 Å². The maximum atomic E-state index is 12.3. The van der Waals surface area contributed by atoms with Gasteiger partial charge in [0, 0.05) is 4.90 Å². The third-order valence-electron chi connectivity index (χ3n) is 3.33. The van der Waals surface area contributed by atoms with Crippen LogP contribution in [0.4, 0.5) is 5.69 Å². The van der Waals surface area contributed by atoms with Crippen molar-refractivity contribution in [2.24, 2.45) is 0 Å². The average molecular weight is 392 g/mol. The zero-order valence-corrected chi connectivity index (χ0v) is 15.0. The highest BCUT2D eigenvalue weighted by Gasteiger charge is 2.21. The lowest BCUT2D eigenvalue weighted by atomic mass is 10.2. The highest BCUT2D eigenvalue weighted by molar-refractivity contribution is 9.10. The van der Waals surface area contributed by atoms with Crippen molar-refractivity contribution in [2.45, 2.75) is 4.90 Å². The van der Waals surface area contributed by atoms with Gasteiger partial charge in [-0.15, -0.1) is 0 Å². The first-order chi connectivity index (χ1) is 11.1. The number of ether oxygens (including phenoxy) is 2. The van der Waals surface area contributed by atoms with Crippen molar-refractivity contribution in [1.82, 2.24) is 0 Å². The van der Waals surface area contributed by atoms with E-state index in [1.807, 2.05) is 42.5 Å². The van der Waals surface area contributed by atoms with E-state index in [-0.39, 0.29) is 5.91 Å². The smallest absolute Gasteiger partial charge is 0.262 e. The fraction of sp³-hybridized carbons (Fsp3) is 0.118. The molecule has 3 rings (SSSR count). The second kappa shape index (κ2) is 6.68. The van der Waals surface area contributed by atoms with Gasteiger partial charge in [-0.2, -0.15) is 0 Å². The van der Waals surface area contributed by atoms with Gasteiger partial charge in [-0.25, -0.2) is 0 Å². The van der Waals surface area contributed by atoms with Crippen LogP contribution in [0.2, 0.25) is 0 Å². The fourth-order valence-corrected chi connectivity index (χ4v) is 3.85. The minimum atomic E-state index is -0.111. The summed E-state index contributed by atoms with van der Waals surface area (Å²) < 4.78 is 11.4. The van der Waals surface area contributed by atoms with Gasteiger partial charge in [0.1, 0.15) is 0 Å². The van der Waals surface area contributed by atoms with Crippen molar-refractivity contribution in [3.63, 3.8) is 0 Å². The molecule has 4 nitrogen and oxygen atoms in total. The fourth-order valence-electron chi connectivity index (χ4n) is 2.28. The molecule has 0 fully saturated rings. The van der Waals surface area contributed by atoms with Gasteiger partial charge in [0.15, 0.2) is 11.5 Å². The molecule has 0 bridgehead atoms. The zero-order valence-electron chi connectivity index (χ0n) is 12.6. The van der Waals surface area contributed by atoms with E-state index >= 15 is 0 Å². The summed E-state index contributed by atoms with van der Waals surface area (Å²) >= 11 is 4.91. The second-order valence-corrected chi connectivity index (χ2v) is 6.74. The monoisotopic (exact) mass is 391 g/mol. The maximum Gasteiger partial charge on any atom is 0.262 e. The molecule has 2 aromatic carbocycles. The van der Waals surface area contributed by atoms with Crippen molar-refractivity contribution >= 4 is 45.4 Å². The van der Waals surface area contributed by atoms with Crippen molar-refractivity contribution in [3.05, 3.63) is 51.3 Å². The molecule has 1 heterocycles. The van der Waals surface area contributed by atoms with Crippen molar-refractivity contribution < 1.29 is 14.3 Å². The molecule has 118 valence electrons. The normalized spacial score (nSPS) is 15.1. The summed E-state index contributed by atoms with van der Waals surface area (Å²) in [6.07, 6.45) is 1.84. The van der Waals surface area contributed by atoms with Gasteiger partial charge >= 0.3 is 0 Å². The Bertz CT molecular complexity index is 804. The molecule has 6 heteroatoms. The molecule has 23 heavy (non-hydrogen) atoms. The summed E-state index contributed by atoms with van der Waals surface area (Å²) in [6.45, 7) is 0. The molecule has 0 radical (unpaired) electrons. The van der Waals surface area contributed by atoms with Gasteiger partial charge in [-0.1, -0.05) is 23.9 Å². The number of carbonyl (C=O) groups is 1. The number of methoxy groups -OCH3 is 2. The Morgan fingerprint density at radius 3 is 2.70 bits per heavy atom. The van der Waals surface area contributed by atoms with E-state index < -0.39 is 0 Å². The van der Waals surface area contributed by atoms with E-state index in [0.29, 0.717) is 16.4 Å². The first kappa shape index (κ1) is 16.0. The van der Waals surface area contributed by atoms with Crippen LogP contribution in [0.5, 0.6) is 11.5 Å². The molecule has 1 N–H and O–H groups in total. The molecule has 0 saturated heterocycles. The molecule has 1 amide bonds. The summed E-state index contributed by atoms with van der Waals surface area (Å²) in [7, 11) is 3.17. The predicted octanol–water partition coefficient (Wildman–Crippen LogP) is 4.55. The van der Waals surface area contributed by atoms with E-state index in [0.717, 1.165) is 20.6 Å². The lowest BCUT2D eigenvalue weighted by molar-refractivity contribution is -0.112. The lowest BCUT2D eigenvalue weighted by Gasteiger charge is -2.18. The van der Waals surface area contributed by atoms with Gasteiger partial charge in [0.2, 0.25) is 0 Å². The first-order valence-corrected chi connectivity index (χ1v) is 8.44. The van der Waals surface area contributed by atoms with Crippen molar-refractivity contribution in [1.29, 1.82) is 0 Å². The number of para-hydroxylation sites is 1. The lowest BCUT2D eigenvalue weighted by Crippen LogP contribution is -2.17. The third-order valence-corrected chi connectivity index (χ3v) is 5.02. The van der Waals surface area contributed by atoms with Crippen molar-refractivity contribution in [2.75, 3.05) is 19.5 Å². The topological polar surface area (TPSA) is 47.6 Å². The van der Waals surface area contributed by atoms with Crippen molar-refractivity contribution in [3.8, 4) is 11.5 Å². The zero-order chi connectivity index (χ0) is 16.4. The Hall–Kier alpha value is -1.92. The summed E-state index contributed by atoms with van der Waals surface area (Å²) in [6, 6.07) is 11.5. The number of hydrogen-bond donors (Lipinski definition) is 1. The number of thioether (sulfide) groups is 1. The molecule has 1 aliphatic rings. The van der Waals surface area contributed by atoms with Gasteiger partial charge in [0.25, 0.3) is 5.91 Å². The molecule has 1 aliphatic heterocycles. The molecular formula is C17H14BrNO3S. The van der Waals surface area contributed by atoms with Crippen LogP contribution in [0.3, 0.4) is 0 Å². The van der Waals surface area contributed by atoms with Crippen LogP contribution < -0.4 is 14.8 Å². The minimum absolute atomic E-state index is 0.111.